The Labute approximate surface area is 48.9 Å². The van der Waals surface area contributed by atoms with Gasteiger partial charge in [0.15, 0.2) is 0 Å². The van der Waals surface area contributed by atoms with Crippen molar-refractivity contribution >= 4 is 11.6 Å². The molecule has 0 unspecified atom stereocenters. The quantitative estimate of drug-likeness (QED) is 0.313. The van der Waals surface area contributed by atoms with Crippen LogP contribution in [0.25, 0.3) is 0 Å². The number of hydrogen-bond donors (Lipinski definition) is 0. The zero-order chi connectivity index (χ0) is 5.54. The summed E-state index contributed by atoms with van der Waals surface area (Å²) in [6, 6.07) is 0.282. The van der Waals surface area contributed by atoms with Crippen LogP contribution >= 0.6 is 11.6 Å². The van der Waals surface area contributed by atoms with E-state index in [0.717, 1.165) is 0 Å². The third-order valence-corrected chi connectivity index (χ3v) is 0.681. The van der Waals surface area contributed by atoms with Crippen LogP contribution in [-0.4, -0.2) is 12.7 Å². The number of halogens is 1. The molecular formula is C5H9ClO. The van der Waals surface area contributed by atoms with Gasteiger partial charge >= 0.3 is 0 Å². The smallest absolute Gasteiger partial charge is 0.121 e. The topological polar surface area (TPSA) is 9.23 Å². The van der Waals surface area contributed by atoms with Crippen LogP contribution in [0.3, 0.4) is 0 Å². The van der Waals surface area contributed by atoms with Gasteiger partial charge in [0.25, 0.3) is 0 Å². The fraction of sp³-hybridized carbons (Fsp3) is 0.600. The Hall–Kier alpha value is -0.0100. The van der Waals surface area contributed by atoms with Gasteiger partial charge in [0.1, 0.15) is 6.07 Å². The molecule has 0 spiro atoms. The second-order valence-corrected chi connectivity index (χ2v) is 1.27. The molecular weight excluding hydrogens is 112 g/mol. The van der Waals surface area contributed by atoms with Crippen LogP contribution in [0.1, 0.15) is 6.92 Å². The molecule has 2 heteroatoms. The monoisotopic (exact) mass is 120 g/mol. The first kappa shape index (κ1) is 6.99. The SMILES string of the molecule is C/C=C/COCCl. The Balaban J connectivity index is 2.69. The van der Waals surface area contributed by atoms with Crippen molar-refractivity contribution in [1.29, 1.82) is 0 Å². The lowest BCUT2D eigenvalue weighted by Crippen LogP contribution is -1.84. The normalized spacial score (nSPS) is 10.6. The summed E-state index contributed by atoms with van der Waals surface area (Å²) >= 11 is 5.18. The average molecular weight is 121 g/mol. The van der Waals surface area contributed by atoms with Crippen molar-refractivity contribution in [1.82, 2.24) is 0 Å². The molecule has 0 heterocycles. The standard InChI is InChI=1S/C5H9ClO/c1-2-3-4-7-5-6/h2-3H,4-5H2,1H3/b3-2+. The molecule has 0 bridgehead atoms. The van der Waals surface area contributed by atoms with E-state index >= 15 is 0 Å². The fourth-order valence-electron chi connectivity index (χ4n) is 0.209. The highest BCUT2D eigenvalue weighted by atomic mass is 35.5. The highest BCUT2D eigenvalue weighted by molar-refractivity contribution is 6.17. The molecule has 0 aromatic rings. The minimum atomic E-state index is 0.282. The molecule has 0 N–H and O–H groups in total. The van der Waals surface area contributed by atoms with E-state index in [-0.39, 0.29) is 6.07 Å². The Kier molecular flexibility index (Phi) is 5.98. The summed E-state index contributed by atoms with van der Waals surface area (Å²) in [7, 11) is 0. The lowest BCUT2D eigenvalue weighted by Gasteiger charge is -1.87. The molecule has 0 atom stereocenters. The maximum Gasteiger partial charge on any atom is 0.121 e. The van der Waals surface area contributed by atoms with E-state index in [1.54, 1.807) is 0 Å². The van der Waals surface area contributed by atoms with Gasteiger partial charge in [-0.2, -0.15) is 0 Å². The summed E-state index contributed by atoms with van der Waals surface area (Å²) in [6.45, 7) is 2.57. The van der Waals surface area contributed by atoms with E-state index in [2.05, 4.69) is 0 Å². The van der Waals surface area contributed by atoms with E-state index in [9.17, 15) is 0 Å². The second kappa shape index (κ2) is 5.99. The van der Waals surface area contributed by atoms with Crippen molar-refractivity contribution in [2.45, 2.75) is 6.92 Å². The molecule has 0 radical (unpaired) electrons. The molecule has 0 aliphatic carbocycles. The first-order valence-corrected chi connectivity index (χ1v) is 2.70. The maximum absolute atomic E-state index is 5.18. The van der Waals surface area contributed by atoms with Crippen molar-refractivity contribution in [2.75, 3.05) is 12.7 Å². The van der Waals surface area contributed by atoms with Gasteiger partial charge < -0.3 is 4.74 Å². The van der Waals surface area contributed by atoms with Crippen LogP contribution in [0.15, 0.2) is 12.2 Å². The second-order valence-electron chi connectivity index (χ2n) is 1.05. The van der Waals surface area contributed by atoms with Gasteiger partial charge in [0.05, 0.1) is 6.61 Å². The summed E-state index contributed by atoms with van der Waals surface area (Å²) in [5.41, 5.74) is 0. The average Bonchev–Trinajstić information content (AvgIpc) is 1.69. The van der Waals surface area contributed by atoms with Gasteiger partial charge in [-0.25, -0.2) is 0 Å². The lowest BCUT2D eigenvalue weighted by molar-refractivity contribution is 0.212. The van der Waals surface area contributed by atoms with Crippen LogP contribution in [-0.2, 0) is 4.74 Å². The Morgan fingerprint density at radius 2 is 2.43 bits per heavy atom. The summed E-state index contributed by atoms with van der Waals surface area (Å²) < 4.78 is 4.75. The summed E-state index contributed by atoms with van der Waals surface area (Å²) in [4.78, 5) is 0. The Morgan fingerprint density at radius 1 is 1.71 bits per heavy atom. The van der Waals surface area contributed by atoms with Crippen molar-refractivity contribution in [3.05, 3.63) is 12.2 Å². The van der Waals surface area contributed by atoms with Gasteiger partial charge in [-0.05, 0) is 6.92 Å². The van der Waals surface area contributed by atoms with Crippen molar-refractivity contribution in [3.63, 3.8) is 0 Å². The van der Waals surface area contributed by atoms with E-state index in [4.69, 9.17) is 16.3 Å². The summed E-state index contributed by atoms with van der Waals surface area (Å²) in [6.07, 6.45) is 3.83. The minimum Gasteiger partial charge on any atom is -0.362 e. The zero-order valence-corrected chi connectivity index (χ0v) is 5.11. The van der Waals surface area contributed by atoms with E-state index in [0.29, 0.717) is 6.61 Å². The van der Waals surface area contributed by atoms with Gasteiger partial charge in [0, 0.05) is 0 Å². The number of alkyl halides is 1. The predicted molar refractivity (Wildman–Crippen MR) is 31.5 cm³/mol. The largest absolute Gasteiger partial charge is 0.362 e. The predicted octanol–water partition coefficient (Wildman–Crippen LogP) is 1.78. The summed E-state index contributed by atoms with van der Waals surface area (Å²) in [5.74, 6) is 0. The molecule has 0 aromatic heterocycles. The molecule has 42 valence electrons. The maximum atomic E-state index is 5.18. The number of rotatable bonds is 3. The van der Waals surface area contributed by atoms with E-state index < -0.39 is 0 Å². The Bertz CT molecular complexity index is 52.0. The molecule has 0 saturated carbocycles. The first-order chi connectivity index (χ1) is 3.41. The van der Waals surface area contributed by atoms with Gasteiger partial charge in [-0.15, -0.1) is 0 Å². The number of ether oxygens (including phenoxy) is 1. The molecule has 7 heavy (non-hydrogen) atoms. The van der Waals surface area contributed by atoms with E-state index in [1.807, 2.05) is 19.1 Å². The van der Waals surface area contributed by atoms with Crippen LogP contribution in [0.5, 0.6) is 0 Å². The molecule has 0 fully saturated rings. The first-order valence-electron chi connectivity index (χ1n) is 2.16. The van der Waals surface area contributed by atoms with Crippen molar-refractivity contribution < 1.29 is 4.74 Å². The van der Waals surface area contributed by atoms with Crippen LogP contribution in [0, 0.1) is 0 Å². The molecule has 0 aliphatic rings. The molecule has 0 aliphatic heterocycles. The molecule has 1 nitrogen and oxygen atoms in total. The highest BCUT2D eigenvalue weighted by Gasteiger charge is 1.71. The van der Waals surface area contributed by atoms with E-state index in [1.165, 1.54) is 0 Å². The fourth-order valence-corrected chi connectivity index (χ4v) is 0.298. The van der Waals surface area contributed by atoms with Gasteiger partial charge in [-0.1, -0.05) is 23.8 Å². The number of hydrogen-bond acceptors (Lipinski definition) is 1. The highest BCUT2D eigenvalue weighted by Crippen LogP contribution is 1.78. The molecule has 0 aromatic carbocycles. The minimum absolute atomic E-state index is 0.282. The van der Waals surface area contributed by atoms with Crippen molar-refractivity contribution in [2.24, 2.45) is 0 Å². The molecule has 0 saturated heterocycles. The third-order valence-electron chi connectivity index (χ3n) is 0.527. The zero-order valence-electron chi connectivity index (χ0n) is 4.36. The number of allylic oxidation sites excluding steroid dienone is 1. The molecule has 0 rings (SSSR count). The Morgan fingerprint density at radius 3 is 2.86 bits per heavy atom. The lowest BCUT2D eigenvalue weighted by atomic mass is 10.6. The molecule has 0 amide bonds. The van der Waals surface area contributed by atoms with Gasteiger partial charge in [-0.3, -0.25) is 0 Å². The van der Waals surface area contributed by atoms with Crippen LogP contribution in [0.2, 0.25) is 0 Å². The third kappa shape index (κ3) is 5.99. The van der Waals surface area contributed by atoms with Crippen LogP contribution < -0.4 is 0 Å². The van der Waals surface area contributed by atoms with Gasteiger partial charge in [0.2, 0.25) is 0 Å². The summed E-state index contributed by atoms with van der Waals surface area (Å²) in [5, 5.41) is 0. The van der Waals surface area contributed by atoms with Crippen LogP contribution in [0.4, 0.5) is 0 Å². The van der Waals surface area contributed by atoms with Crippen molar-refractivity contribution in [3.8, 4) is 0 Å².